The Hall–Kier alpha value is -1.58. The van der Waals surface area contributed by atoms with Gasteiger partial charge in [-0.15, -0.1) is 0 Å². The van der Waals surface area contributed by atoms with Crippen LogP contribution in [0.4, 0.5) is 0 Å². The van der Waals surface area contributed by atoms with E-state index < -0.39 is 0 Å². The van der Waals surface area contributed by atoms with Crippen LogP contribution in [0, 0.1) is 0 Å². The van der Waals surface area contributed by atoms with Gasteiger partial charge in [-0.25, -0.2) is 0 Å². The fourth-order valence-electron chi connectivity index (χ4n) is 1.76. The number of aryl methyl sites for hydroxylation is 1. The molecule has 0 amide bonds. The normalized spacial score (nSPS) is 17.9. The molecule has 0 radical (unpaired) electrons. The molecule has 74 valence electrons. The number of hydrogen-bond acceptors (Lipinski definition) is 3. The average molecular weight is 192 g/mol. The molecule has 4 nitrogen and oxygen atoms in total. The molecule has 0 aliphatic heterocycles. The number of aromatic amines is 1. The molecule has 1 heterocycles. The molecule has 4 heteroatoms. The van der Waals surface area contributed by atoms with Crippen LogP contribution in [0.1, 0.15) is 24.1 Å². The number of nitrogens with one attached hydrogen (secondary N) is 1. The van der Waals surface area contributed by atoms with Gasteiger partial charge in [0, 0.05) is 17.3 Å². The first-order chi connectivity index (χ1) is 6.81. The molecule has 1 aliphatic rings. The molecule has 1 aromatic heterocycles. The van der Waals surface area contributed by atoms with Crippen LogP contribution >= 0.6 is 0 Å². The average Bonchev–Trinajstić information content (AvgIpc) is 2.18. The van der Waals surface area contributed by atoms with Crippen molar-refractivity contribution < 1.29 is 4.84 Å². The number of nitrogens with zero attached hydrogens (tertiary/aromatic N) is 1. The number of oxime groups is 1. The number of H-pyrrole nitrogens is 1. The first-order valence-corrected chi connectivity index (χ1v) is 4.64. The molecule has 0 fully saturated rings. The van der Waals surface area contributed by atoms with E-state index in [0.29, 0.717) is 0 Å². The van der Waals surface area contributed by atoms with Crippen molar-refractivity contribution in [2.45, 2.75) is 19.3 Å². The highest BCUT2D eigenvalue weighted by atomic mass is 16.6. The van der Waals surface area contributed by atoms with E-state index in [1.807, 2.05) is 6.07 Å². The highest BCUT2D eigenvalue weighted by Crippen LogP contribution is 2.18. The lowest BCUT2D eigenvalue weighted by molar-refractivity contribution is 0.212. The molecule has 1 aromatic rings. The Morgan fingerprint density at radius 2 is 2.29 bits per heavy atom. The van der Waals surface area contributed by atoms with E-state index in [1.54, 1.807) is 0 Å². The number of aromatic nitrogens is 1. The molecule has 0 atom stereocenters. The maximum atomic E-state index is 11.1. The minimum absolute atomic E-state index is 0.0533. The number of hydrogen-bond donors (Lipinski definition) is 1. The fourth-order valence-corrected chi connectivity index (χ4v) is 1.76. The van der Waals surface area contributed by atoms with E-state index in [0.717, 1.165) is 36.2 Å². The molecule has 0 aromatic carbocycles. The predicted molar refractivity (Wildman–Crippen MR) is 53.5 cm³/mol. The Morgan fingerprint density at radius 1 is 1.43 bits per heavy atom. The van der Waals surface area contributed by atoms with Crippen molar-refractivity contribution in [1.82, 2.24) is 4.98 Å². The minimum atomic E-state index is -0.0533. The molecule has 2 rings (SSSR count). The zero-order valence-corrected chi connectivity index (χ0v) is 8.04. The van der Waals surface area contributed by atoms with Crippen molar-refractivity contribution >= 4 is 5.71 Å². The molecular formula is C10H12N2O2. The van der Waals surface area contributed by atoms with Gasteiger partial charge in [0.15, 0.2) is 0 Å². The van der Waals surface area contributed by atoms with Gasteiger partial charge in [0.2, 0.25) is 5.56 Å². The molecular weight excluding hydrogens is 180 g/mol. The second-order valence-electron chi connectivity index (χ2n) is 3.29. The molecule has 0 saturated heterocycles. The zero-order chi connectivity index (χ0) is 9.97. The smallest absolute Gasteiger partial charge is 0.248 e. The van der Waals surface area contributed by atoms with E-state index in [-0.39, 0.29) is 5.56 Å². The Balaban J connectivity index is 2.50. The lowest BCUT2D eigenvalue weighted by atomic mass is 9.94. The van der Waals surface area contributed by atoms with Crippen molar-refractivity contribution in [3.63, 3.8) is 0 Å². The summed E-state index contributed by atoms with van der Waals surface area (Å²) >= 11 is 0. The number of fused-ring (bicyclic) bond motifs is 1. The van der Waals surface area contributed by atoms with Crippen LogP contribution in [-0.2, 0) is 11.3 Å². The van der Waals surface area contributed by atoms with Crippen molar-refractivity contribution in [2.75, 3.05) is 7.11 Å². The summed E-state index contributed by atoms with van der Waals surface area (Å²) in [4.78, 5) is 18.7. The van der Waals surface area contributed by atoms with Crippen LogP contribution in [0.2, 0.25) is 0 Å². The van der Waals surface area contributed by atoms with Gasteiger partial charge in [0.05, 0.1) is 5.71 Å². The van der Waals surface area contributed by atoms with Crippen LogP contribution in [0.5, 0.6) is 0 Å². The first kappa shape index (κ1) is 8.99. The Morgan fingerprint density at radius 3 is 3.07 bits per heavy atom. The van der Waals surface area contributed by atoms with E-state index in [9.17, 15) is 4.79 Å². The van der Waals surface area contributed by atoms with Gasteiger partial charge in [-0.2, -0.15) is 0 Å². The van der Waals surface area contributed by atoms with Gasteiger partial charge in [-0.3, -0.25) is 4.79 Å². The predicted octanol–water partition coefficient (Wildman–Crippen LogP) is 1.06. The summed E-state index contributed by atoms with van der Waals surface area (Å²) in [6.07, 6.45) is 2.83. The van der Waals surface area contributed by atoms with E-state index in [4.69, 9.17) is 4.84 Å². The van der Waals surface area contributed by atoms with Crippen LogP contribution in [0.25, 0.3) is 0 Å². The van der Waals surface area contributed by atoms with Crippen LogP contribution in [0.3, 0.4) is 0 Å². The molecule has 1 aliphatic carbocycles. The lowest BCUT2D eigenvalue weighted by Crippen LogP contribution is -2.18. The maximum Gasteiger partial charge on any atom is 0.248 e. The molecule has 0 saturated carbocycles. The summed E-state index contributed by atoms with van der Waals surface area (Å²) < 4.78 is 0. The van der Waals surface area contributed by atoms with E-state index in [2.05, 4.69) is 10.1 Å². The fraction of sp³-hybridized carbons (Fsp3) is 0.400. The summed E-state index contributed by atoms with van der Waals surface area (Å²) in [6.45, 7) is 0. The van der Waals surface area contributed by atoms with Gasteiger partial charge in [-0.05, 0) is 25.3 Å². The van der Waals surface area contributed by atoms with Crippen molar-refractivity contribution in [3.05, 3.63) is 33.7 Å². The third-order valence-electron chi connectivity index (χ3n) is 2.35. The van der Waals surface area contributed by atoms with Crippen LogP contribution < -0.4 is 5.56 Å². The topological polar surface area (TPSA) is 54.4 Å². The summed E-state index contributed by atoms with van der Waals surface area (Å²) in [5.74, 6) is 0. The number of rotatable bonds is 1. The van der Waals surface area contributed by atoms with Gasteiger partial charge >= 0.3 is 0 Å². The first-order valence-electron chi connectivity index (χ1n) is 4.64. The lowest BCUT2D eigenvalue weighted by Gasteiger charge is -2.15. The van der Waals surface area contributed by atoms with Crippen molar-refractivity contribution in [2.24, 2.45) is 5.16 Å². The molecule has 1 N–H and O–H groups in total. The Bertz CT molecular complexity index is 420. The quantitative estimate of drug-likeness (QED) is 0.676. The van der Waals surface area contributed by atoms with E-state index in [1.165, 1.54) is 13.2 Å². The molecule has 0 bridgehead atoms. The largest absolute Gasteiger partial charge is 0.399 e. The van der Waals surface area contributed by atoms with E-state index >= 15 is 0 Å². The van der Waals surface area contributed by atoms with Gasteiger partial charge < -0.3 is 9.82 Å². The highest BCUT2D eigenvalue weighted by molar-refractivity contribution is 6.01. The molecule has 0 unspecified atom stereocenters. The van der Waals surface area contributed by atoms with Gasteiger partial charge in [-0.1, -0.05) is 5.16 Å². The second-order valence-corrected chi connectivity index (χ2v) is 3.29. The van der Waals surface area contributed by atoms with Crippen molar-refractivity contribution in [1.29, 1.82) is 0 Å². The van der Waals surface area contributed by atoms with Gasteiger partial charge in [0.25, 0.3) is 0 Å². The van der Waals surface area contributed by atoms with Crippen molar-refractivity contribution in [3.8, 4) is 0 Å². The third kappa shape index (κ3) is 1.55. The Kier molecular flexibility index (Phi) is 2.35. The monoisotopic (exact) mass is 192 g/mol. The number of pyridine rings is 1. The Labute approximate surface area is 81.6 Å². The minimum Gasteiger partial charge on any atom is -0.399 e. The molecule has 0 spiro atoms. The maximum absolute atomic E-state index is 11.1. The molecule has 14 heavy (non-hydrogen) atoms. The standard InChI is InChI=1S/C10H12N2O2/c1-14-12-9-4-2-3-8-7(9)5-6-10(13)11-8/h5-6H,2-4H2,1H3,(H,11,13). The SMILES string of the molecule is CON=C1CCCc2[nH]c(=O)ccc21. The van der Waals surface area contributed by atoms with Crippen LogP contribution in [0.15, 0.2) is 22.1 Å². The summed E-state index contributed by atoms with van der Waals surface area (Å²) in [7, 11) is 1.53. The summed E-state index contributed by atoms with van der Waals surface area (Å²) in [5, 5.41) is 3.95. The summed E-state index contributed by atoms with van der Waals surface area (Å²) in [6, 6.07) is 3.33. The second kappa shape index (κ2) is 3.65. The van der Waals surface area contributed by atoms with Gasteiger partial charge in [0.1, 0.15) is 7.11 Å². The van der Waals surface area contributed by atoms with Crippen LogP contribution in [-0.4, -0.2) is 17.8 Å². The highest BCUT2D eigenvalue weighted by Gasteiger charge is 2.16. The summed E-state index contributed by atoms with van der Waals surface area (Å²) in [5.41, 5.74) is 2.85. The zero-order valence-electron chi connectivity index (χ0n) is 8.04. The third-order valence-corrected chi connectivity index (χ3v) is 2.35.